The molecule has 3 heterocycles. The highest BCUT2D eigenvalue weighted by Gasteiger charge is 2.23. The molecule has 6 nitrogen and oxygen atoms in total. The number of likely N-dealkylation sites (tertiary alicyclic amines) is 2. The maximum atomic E-state index is 6.27. The van der Waals surface area contributed by atoms with Gasteiger partial charge >= 0.3 is 0 Å². The van der Waals surface area contributed by atoms with Crippen LogP contribution in [0.25, 0.3) is 0 Å². The second-order valence-electron chi connectivity index (χ2n) is 7.03. The Hall–Kier alpha value is -1.14. The lowest BCUT2D eigenvalue weighted by atomic mass is 10.0. The summed E-state index contributed by atoms with van der Waals surface area (Å²) in [5, 5.41) is 8.71. The molecule has 1 aromatic heterocycles. The Morgan fingerprint density at radius 2 is 1.32 bits per heavy atom. The van der Waals surface area contributed by atoms with Crippen LogP contribution in [0.2, 0.25) is 0 Å². The third-order valence-corrected chi connectivity index (χ3v) is 5.41. The van der Waals surface area contributed by atoms with Crippen LogP contribution in [-0.2, 0) is 13.1 Å². The molecule has 2 fully saturated rings. The van der Waals surface area contributed by atoms with Crippen molar-refractivity contribution in [2.45, 2.75) is 77.5 Å². The number of hydrogen-bond donors (Lipinski definition) is 1. The molecular weight excluding hydrogens is 276 g/mol. The molecule has 2 atom stereocenters. The number of nitrogen functional groups attached to an aromatic ring is 1. The van der Waals surface area contributed by atoms with Crippen LogP contribution in [0.1, 0.15) is 64.0 Å². The van der Waals surface area contributed by atoms with E-state index in [1.165, 1.54) is 38.5 Å². The van der Waals surface area contributed by atoms with E-state index >= 15 is 0 Å². The molecule has 6 heteroatoms. The summed E-state index contributed by atoms with van der Waals surface area (Å²) in [6.45, 7) is 8.53. The zero-order valence-electron chi connectivity index (χ0n) is 14.0. The highest BCUT2D eigenvalue weighted by atomic mass is 15.4. The van der Waals surface area contributed by atoms with Crippen molar-refractivity contribution in [1.82, 2.24) is 24.7 Å². The van der Waals surface area contributed by atoms with Crippen molar-refractivity contribution in [3.63, 3.8) is 0 Å². The molecule has 0 bridgehead atoms. The van der Waals surface area contributed by atoms with Gasteiger partial charge in [-0.25, -0.2) is 4.68 Å². The van der Waals surface area contributed by atoms with Crippen molar-refractivity contribution in [2.75, 3.05) is 18.9 Å². The second-order valence-corrected chi connectivity index (χ2v) is 7.03. The lowest BCUT2D eigenvalue weighted by Gasteiger charge is -2.33. The molecule has 1 aromatic rings. The third kappa shape index (κ3) is 3.43. The first kappa shape index (κ1) is 15.7. The fraction of sp³-hybridized carbons (Fsp3) is 0.875. The third-order valence-electron chi connectivity index (χ3n) is 5.41. The first-order valence-electron chi connectivity index (χ1n) is 8.81. The Balaban J connectivity index is 1.63. The smallest absolute Gasteiger partial charge is 0.165 e. The van der Waals surface area contributed by atoms with Gasteiger partial charge in [0.05, 0.1) is 13.1 Å². The van der Waals surface area contributed by atoms with E-state index in [1.807, 2.05) is 0 Å². The molecule has 2 aliphatic heterocycles. The molecule has 2 aliphatic rings. The minimum Gasteiger partial charge on any atom is -0.336 e. The van der Waals surface area contributed by atoms with E-state index in [0.717, 1.165) is 37.8 Å². The monoisotopic (exact) mass is 306 g/mol. The first-order chi connectivity index (χ1) is 10.6. The highest BCUT2D eigenvalue weighted by molar-refractivity contribution is 4.97. The summed E-state index contributed by atoms with van der Waals surface area (Å²) in [5.74, 6) is 8.06. The largest absolute Gasteiger partial charge is 0.336 e. The van der Waals surface area contributed by atoms with E-state index in [0.29, 0.717) is 12.1 Å². The molecule has 0 radical (unpaired) electrons. The van der Waals surface area contributed by atoms with Crippen LogP contribution in [0.4, 0.5) is 0 Å². The summed E-state index contributed by atoms with van der Waals surface area (Å²) < 4.78 is 1.72. The van der Waals surface area contributed by atoms with Crippen LogP contribution in [-0.4, -0.2) is 49.8 Å². The second kappa shape index (κ2) is 6.96. The summed E-state index contributed by atoms with van der Waals surface area (Å²) in [5.41, 5.74) is 0. The predicted octanol–water partition coefficient (Wildman–Crippen LogP) is 1.74. The normalized spacial score (nSPS) is 28.1. The molecule has 2 saturated heterocycles. The zero-order valence-corrected chi connectivity index (χ0v) is 14.0. The average molecular weight is 306 g/mol. The molecule has 0 aliphatic carbocycles. The van der Waals surface area contributed by atoms with E-state index in [-0.39, 0.29) is 0 Å². The van der Waals surface area contributed by atoms with Gasteiger partial charge in [0.1, 0.15) is 0 Å². The molecule has 3 rings (SSSR count). The molecule has 22 heavy (non-hydrogen) atoms. The van der Waals surface area contributed by atoms with Crippen molar-refractivity contribution < 1.29 is 0 Å². The van der Waals surface area contributed by atoms with Gasteiger partial charge in [-0.3, -0.25) is 9.80 Å². The van der Waals surface area contributed by atoms with E-state index in [1.54, 1.807) is 4.68 Å². The lowest BCUT2D eigenvalue weighted by molar-refractivity contribution is 0.144. The van der Waals surface area contributed by atoms with Gasteiger partial charge in [0.15, 0.2) is 11.6 Å². The van der Waals surface area contributed by atoms with Crippen LogP contribution < -0.4 is 5.84 Å². The topological polar surface area (TPSA) is 63.2 Å². The van der Waals surface area contributed by atoms with Gasteiger partial charge in [0.2, 0.25) is 0 Å². The molecule has 2 N–H and O–H groups in total. The number of hydrogen-bond acceptors (Lipinski definition) is 5. The summed E-state index contributed by atoms with van der Waals surface area (Å²) in [6.07, 6.45) is 7.78. The molecule has 0 aromatic carbocycles. The van der Waals surface area contributed by atoms with Gasteiger partial charge in [0.25, 0.3) is 0 Å². The van der Waals surface area contributed by atoms with E-state index < -0.39 is 0 Å². The van der Waals surface area contributed by atoms with Crippen molar-refractivity contribution in [2.24, 2.45) is 0 Å². The molecular formula is C16H30N6. The van der Waals surface area contributed by atoms with Crippen molar-refractivity contribution in [3.05, 3.63) is 11.6 Å². The van der Waals surface area contributed by atoms with Crippen LogP contribution in [0.15, 0.2) is 0 Å². The highest BCUT2D eigenvalue weighted by Crippen LogP contribution is 2.20. The SMILES string of the molecule is CC1CCCCN1Cc1nnc(CN2CCCCC2C)n1N. The van der Waals surface area contributed by atoms with Gasteiger partial charge < -0.3 is 5.84 Å². The number of piperidine rings is 2. The minimum atomic E-state index is 0.621. The lowest BCUT2D eigenvalue weighted by Crippen LogP contribution is -2.39. The average Bonchev–Trinajstić information content (AvgIpc) is 2.85. The quantitative estimate of drug-likeness (QED) is 0.859. The van der Waals surface area contributed by atoms with E-state index in [4.69, 9.17) is 5.84 Å². The molecule has 0 spiro atoms. The molecule has 2 unspecified atom stereocenters. The van der Waals surface area contributed by atoms with Crippen LogP contribution in [0.5, 0.6) is 0 Å². The van der Waals surface area contributed by atoms with Crippen LogP contribution in [0.3, 0.4) is 0 Å². The molecule has 0 saturated carbocycles. The summed E-state index contributed by atoms with van der Waals surface area (Å²) in [4.78, 5) is 4.95. The van der Waals surface area contributed by atoms with Crippen molar-refractivity contribution in [1.29, 1.82) is 0 Å². The number of nitrogens with zero attached hydrogens (tertiary/aromatic N) is 5. The van der Waals surface area contributed by atoms with Gasteiger partial charge in [-0.1, -0.05) is 12.8 Å². The van der Waals surface area contributed by atoms with Gasteiger partial charge in [-0.05, 0) is 52.6 Å². The first-order valence-corrected chi connectivity index (χ1v) is 8.81. The minimum absolute atomic E-state index is 0.621. The van der Waals surface area contributed by atoms with Gasteiger partial charge in [0, 0.05) is 12.1 Å². The fourth-order valence-electron chi connectivity index (χ4n) is 3.72. The Labute approximate surface area is 133 Å². The van der Waals surface area contributed by atoms with E-state index in [2.05, 4.69) is 33.8 Å². The standard InChI is InChI=1S/C16H30N6/c1-13-7-3-5-9-20(13)11-15-18-19-16(22(15)17)12-21-10-6-4-8-14(21)2/h13-14H,3-12,17H2,1-2H3. The Morgan fingerprint density at radius 3 is 1.73 bits per heavy atom. The number of rotatable bonds is 4. The van der Waals surface area contributed by atoms with Crippen LogP contribution >= 0.6 is 0 Å². The number of nitrogens with two attached hydrogens (primary N) is 1. The van der Waals surface area contributed by atoms with Crippen molar-refractivity contribution >= 4 is 0 Å². The van der Waals surface area contributed by atoms with E-state index in [9.17, 15) is 0 Å². The maximum absolute atomic E-state index is 6.27. The summed E-state index contributed by atoms with van der Waals surface area (Å²) in [7, 11) is 0. The van der Waals surface area contributed by atoms with Gasteiger partial charge in [-0.15, -0.1) is 10.2 Å². The Morgan fingerprint density at radius 1 is 0.864 bits per heavy atom. The molecule has 0 amide bonds. The summed E-state index contributed by atoms with van der Waals surface area (Å²) in [6, 6.07) is 1.24. The Bertz CT molecular complexity index is 443. The predicted molar refractivity (Wildman–Crippen MR) is 87.6 cm³/mol. The van der Waals surface area contributed by atoms with Crippen LogP contribution in [0, 0.1) is 0 Å². The summed E-state index contributed by atoms with van der Waals surface area (Å²) >= 11 is 0. The number of aromatic nitrogens is 3. The van der Waals surface area contributed by atoms with Gasteiger partial charge in [-0.2, -0.15) is 0 Å². The van der Waals surface area contributed by atoms with Crippen molar-refractivity contribution in [3.8, 4) is 0 Å². The fourth-order valence-corrected chi connectivity index (χ4v) is 3.72. The maximum Gasteiger partial charge on any atom is 0.165 e. The zero-order chi connectivity index (χ0) is 15.5. The Kier molecular flexibility index (Phi) is 4.98. The molecule has 124 valence electrons.